The summed E-state index contributed by atoms with van der Waals surface area (Å²) >= 11 is 0. The fourth-order valence-electron chi connectivity index (χ4n) is 5.87. The van der Waals surface area contributed by atoms with Crippen molar-refractivity contribution >= 4 is 0 Å². The van der Waals surface area contributed by atoms with Crippen LogP contribution in [0, 0.1) is 5.41 Å². The summed E-state index contributed by atoms with van der Waals surface area (Å²) in [7, 11) is 0. The third-order valence-electron chi connectivity index (χ3n) is 7.38. The van der Waals surface area contributed by atoms with Crippen LogP contribution in [0.2, 0.25) is 0 Å². The second-order valence-corrected chi connectivity index (χ2v) is 9.67. The molecular weight excluding hydrogens is 400 g/mol. The summed E-state index contributed by atoms with van der Waals surface area (Å²) in [6.45, 7) is 6.36. The molecule has 3 aromatic rings. The molecule has 3 aliphatic heterocycles. The largest absolute Gasteiger partial charge is 0.486 e. The Labute approximate surface area is 187 Å². The Bertz CT molecular complexity index is 1210. The first kappa shape index (κ1) is 18.7. The predicted octanol–water partition coefficient (Wildman–Crippen LogP) is 4.31. The lowest BCUT2D eigenvalue weighted by molar-refractivity contribution is -0.0124. The minimum absolute atomic E-state index is 0.429. The zero-order valence-corrected chi connectivity index (χ0v) is 18.1. The molecule has 0 atom stereocenters. The molecule has 162 valence electrons. The molecule has 5 nitrogen and oxygen atoms in total. The Kier molecular flexibility index (Phi) is 4.11. The average Bonchev–Trinajstić information content (AvgIpc) is 3.43. The maximum absolute atomic E-state index is 5.82. The van der Waals surface area contributed by atoms with Crippen LogP contribution >= 0.6 is 0 Å². The van der Waals surface area contributed by atoms with E-state index in [-0.39, 0.29) is 0 Å². The first-order valence-corrected chi connectivity index (χ1v) is 11.6. The number of benzene rings is 2. The van der Waals surface area contributed by atoms with Crippen molar-refractivity contribution in [1.29, 1.82) is 0 Å². The number of ether oxygens (including phenoxy) is 3. The Morgan fingerprint density at radius 3 is 2.69 bits per heavy atom. The van der Waals surface area contributed by atoms with E-state index in [0.29, 0.717) is 18.6 Å². The van der Waals surface area contributed by atoms with Crippen molar-refractivity contribution in [3.05, 3.63) is 65.4 Å². The molecule has 0 bridgehead atoms. The lowest BCUT2D eigenvalue weighted by atomic mass is 9.79. The van der Waals surface area contributed by atoms with Crippen LogP contribution in [0.5, 0.6) is 11.5 Å². The number of hydrogen-bond acceptors (Lipinski definition) is 5. The molecule has 2 aromatic carbocycles. The predicted molar refractivity (Wildman–Crippen MR) is 122 cm³/mol. The molecule has 4 aliphatic rings. The second kappa shape index (κ2) is 7.06. The Hall–Kier alpha value is -2.89. The summed E-state index contributed by atoms with van der Waals surface area (Å²) in [5, 5.41) is 0. The van der Waals surface area contributed by atoms with Crippen molar-refractivity contribution < 1.29 is 14.2 Å². The molecule has 1 aromatic heterocycles. The summed E-state index contributed by atoms with van der Waals surface area (Å²) in [5.41, 5.74) is 9.24. The van der Waals surface area contributed by atoms with Gasteiger partial charge in [-0.3, -0.25) is 9.88 Å². The zero-order valence-electron chi connectivity index (χ0n) is 18.1. The van der Waals surface area contributed by atoms with Gasteiger partial charge in [0.1, 0.15) is 13.2 Å². The van der Waals surface area contributed by atoms with E-state index in [0.717, 1.165) is 56.5 Å². The number of rotatable bonds is 3. The Morgan fingerprint density at radius 1 is 0.938 bits per heavy atom. The molecule has 32 heavy (non-hydrogen) atoms. The standard InChI is InChI=1S/C27H26N2O3/c1-2-21(19-4-5-24-25(12-19)32-9-8-31-24)23-11-20-10-18(13-28-26(20)22(23)3-1)14-29-15-27(16-29)6-7-30-17-27/h1-5,10,12-13H,6-9,11,14-17H2. The Morgan fingerprint density at radius 2 is 1.81 bits per heavy atom. The minimum atomic E-state index is 0.429. The quantitative estimate of drug-likeness (QED) is 0.488. The Balaban J connectivity index is 1.15. The summed E-state index contributed by atoms with van der Waals surface area (Å²) in [4.78, 5) is 7.44. The van der Waals surface area contributed by atoms with E-state index in [1.54, 1.807) is 0 Å². The molecule has 1 aliphatic carbocycles. The van der Waals surface area contributed by atoms with E-state index in [2.05, 4.69) is 47.5 Å². The van der Waals surface area contributed by atoms with Gasteiger partial charge < -0.3 is 14.2 Å². The van der Waals surface area contributed by atoms with Gasteiger partial charge in [0.2, 0.25) is 0 Å². The lowest BCUT2D eigenvalue weighted by Crippen LogP contribution is -2.56. The maximum atomic E-state index is 5.82. The maximum Gasteiger partial charge on any atom is 0.161 e. The molecule has 2 fully saturated rings. The van der Waals surface area contributed by atoms with Crippen LogP contribution in [-0.2, 0) is 17.7 Å². The highest BCUT2D eigenvalue weighted by Gasteiger charge is 2.45. The molecule has 1 spiro atoms. The molecular formula is C27H26N2O3. The van der Waals surface area contributed by atoms with Gasteiger partial charge in [0.25, 0.3) is 0 Å². The highest BCUT2D eigenvalue weighted by atomic mass is 16.6. The third kappa shape index (κ3) is 2.95. The van der Waals surface area contributed by atoms with Crippen LogP contribution in [-0.4, -0.2) is 49.4 Å². The van der Waals surface area contributed by atoms with Gasteiger partial charge in [-0.25, -0.2) is 0 Å². The fourth-order valence-corrected chi connectivity index (χ4v) is 5.87. The molecule has 0 saturated carbocycles. The fraction of sp³-hybridized carbons (Fsp3) is 0.370. The smallest absolute Gasteiger partial charge is 0.161 e. The van der Waals surface area contributed by atoms with Crippen LogP contribution in [0.1, 0.15) is 23.1 Å². The van der Waals surface area contributed by atoms with E-state index >= 15 is 0 Å². The summed E-state index contributed by atoms with van der Waals surface area (Å²) in [6.07, 6.45) is 4.21. The summed E-state index contributed by atoms with van der Waals surface area (Å²) < 4.78 is 17.1. The second-order valence-electron chi connectivity index (χ2n) is 9.67. The van der Waals surface area contributed by atoms with Gasteiger partial charge in [-0.05, 0) is 46.4 Å². The SMILES string of the molecule is c1cc(-c2ccc3c(c2)OCCO3)c2c(c1)-c1ncc(CN3CC4(CCOC4)C3)cc1C2. The zero-order chi connectivity index (χ0) is 21.1. The van der Waals surface area contributed by atoms with Gasteiger partial charge in [0, 0.05) is 49.8 Å². The molecule has 0 unspecified atom stereocenters. The van der Waals surface area contributed by atoms with Crippen molar-refractivity contribution in [3.63, 3.8) is 0 Å². The van der Waals surface area contributed by atoms with Crippen molar-refractivity contribution in [2.75, 3.05) is 39.5 Å². The summed E-state index contributed by atoms with van der Waals surface area (Å²) in [5.74, 6) is 1.67. The number of nitrogens with zero attached hydrogens (tertiary/aromatic N) is 2. The van der Waals surface area contributed by atoms with E-state index in [1.165, 1.54) is 39.8 Å². The van der Waals surface area contributed by atoms with Gasteiger partial charge in [-0.2, -0.15) is 0 Å². The van der Waals surface area contributed by atoms with Gasteiger partial charge in [-0.1, -0.05) is 30.3 Å². The van der Waals surface area contributed by atoms with Crippen LogP contribution in [0.25, 0.3) is 22.4 Å². The number of aromatic nitrogens is 1. The first-order valence-electron chi connectivity index (χ1n) is 11.6. The molecule has 2 saturated heterocycles. The van der Waals surface area contributed by atoms with E-state index < -0.39 is 0 Å². The van der Waals surface area contributed by atoms with Gasteiger partial charge >= 0.3 is 0 Å². The van der Waals surface area contributed by atoms with Crippen molar-refractivity contribution in [1.82, 2.24) is 9.88 Å². The van der Waals surface area contributed by atoms with E-state index in [1.807, 2.05) is 6.07 Å². The molecule has 4 heterocycles. The number of hydrogen-bond donors (Lipinski definition) is 0. The number of pyridine rings is 1. The van der Waals surface area contributed by atoms with Crippen LogP contribution in [0.3, 0.4) is 0 Å². The van der Waals surface area contributed by atoms with Crippen LogP contribution in [0.4, 0.5) is 0 Å². The van der Waals surface area contributed by atoms with Gasteiger partial charge in [0.05, 0.1) is 12.3 Å². The van der Waals surface area contributed by atoms with Crippen molar-refractivity contribution in [3.8, 4) is 33.9 Å². The van der Waals surface area contributed by atoms with Gasteiger partial charge in [-0.15, -0.1) is 0 Å². The normalized spacial score (nSPS) is 20.1. The lowest BCUT2D eigenvalue weighted by Gasteiger charge is -2.47. The molecule has 5 heteroatoms. The van der Waals surface area contributed by atoms with Crippen LogP contribution < -0.4 is 9.47 Å². The van der Waals surface area contributed by atoms with Crippen molar-refractivity contribution in [2.24, 2.45) is 5.41 Å². The van der Waals surface area contributed by atoms with E-state index in [4.69, 9.17) is 19.2 Å². The molecule has 0 amide bonds. The third-order valence-corrected chi connectivity index (χ3v) is 7.38. The van der Waals surface area contributed by atoms with E-state index in [9.17, 15) is 0 Å². The van der Waals surface area contributed by atoms with Crippen molar-refractivity contribution in [2.45, 2.75) is 19.4 Å². The van der Waals surface area contributed by atoms with Crippen LogP contribution in [0.15, 0.2) is 48.7 Å². The molecule has 0 N–H and O–H groups in total. The first-order chi connectivity index (χ1) is 15.8. The minimum Gasteiger partial charge on any atom is -0.486 e. The highest BCUT2D eigenvalue weighted by Crippen LogP contribution is 2.43. The topological polar surface area (TPSA) is 43.8 Å². The average molecular weight is 427 g/mol. The number of fused-ring (bicyclic) bond motifs is 4. The molecule has 7 rings (SSSR count). The number of likely N-dealkylation sites (tertiary alicyclic amines) is 1. The monoisotopic (exact) mass is 426 g/mol. The van der Waals surface area contributed by atoms with Gasteiger partial charge in [0.15, 0.2) is 11.5 Å². The highest BCUT2D eigenvalue weighted by molar-refractivity contribution is 5.83. The molecule has 0 radical (unpaired) electrons. The summed E-state index contributed by atoms with van der Waals surface area (Å²) in [6, 6.07) is 15.2.